The summed E-state index contributed by atoms with van der Waals surface area (Å²) < 4.78 is 0.726. The molecule has 14 heavy (non-hydrogen) atoms. The molecule has 0 aliphatic rings. The summed E-state index contributed by atoms with van der Waals surface area (Å²) in [5.74, 6) is -0.0228. The Kier molecular flexibility index (Phi) is 4.22. The maximum atomic E-state index is 11.4. The number of hydrogen-bond acceptors (Lipinski definition) is 2. The lowest BCUT2D eigenvalue weighted by Crippen LogP contribution is -2.25. The molecule has 76 valence electrons. The molecule has 0 bridgehead atoms. The first-order valence-electron chi connectivity index (χ1n) is 3.98. The van der Waals surface area contributed by atoms with Crippen LogP contribution in [0.1, 0.15) is 10.4 Å². The highest BCUT2D eigenvalue weighted by atomic mass is 79.9. The van der Waals surface area contributed by atoms with Crippen molar-refractivity contribution < 1.29 is 9.90 Å². The van der Waals surface area contributed by atoms with Crippen molar-refractivity contribution in [3.05, 3.63) is 28.2 Å². The molecule has 0 unspecified atom stereocenters. The second kappa shape index (κ2) is 5.22. The van der Waals surface area contributed by atoms with Crippen LogP contribution < -0.4 is 5.32 Å². The van der Waals surface area contributed by atoms with Gasteiger partial charge in [-0.1, -0.05) is 15.9 Å². The Bertz CT molecular complexity index is 344. The van der Waals surface area contributed by atoms with Crippen LogP contribution >= 0.6 is 27.5 Å². The fourth-order valence-corrected chi connectivity index (χ4v) is 1.40. The number of benzene rings is 1. The van der Waals surface area contributed by atoms with Crippen LogP contribution in [0.4, 0.5) is 0 Å². The summed E-state index contributed by atoms with van der Waals surface area (Å²) in [4.78, 5) is 11.4. The zero-order valence-corrected chi connectivity index (χ0v) is 9.60. The number of amides is 1. The van der Waals surface area contributed by atoms with Gasteiger partial charge in [0.1, 0.15) is 5.75 Å². The number of phenolic OH excluding ortho intramolecular Hbond substituents is 1. The molecule has 0 aromatic heterocycles. The van der Waals surface area contributed by atoms with Crippen LogP contribution in [0.15, 0.2) is 22.7 Å². The summed E-state index contributed by atoms with van der Waals surface area (Å²) in [7, 11) is 0. The molecule has 5 heteroatoms. The van der Waals surface area contributed by atoms with Crippen molar-refractivity contribution in [2.24, 2.45) is 0 Å². The van der Waals surface area contributed by atoms with Crippen LogP contribution in [0, 0.1) is 0 Å². The monoisotopic (exact) mass is 277 g/mol. The normalized spacial score (nSPS) is 9.86. The molecular formula is C9H9BrClNO2. The standard InChI is InChI=1S/C9H9BrClNO2/c10-6-1-2-7(8(13)5-6)9(14)12-4-3-11/h1-2,5,13H,3-4H2,(H,12,14). The minimum Gasteiger partial charge on any atom is -0.507 e. The van der Waals surface area contributed by atoms with Gasteiger partial charge in [-0.05, 0) is 18.2 Å². The van der Waals surface area contributed by atoms with Crippen molar-refractivity contribution in [1.82, 2.24) is 5.32 Å². The van der Waals surface area contributed by atoms with Crippen molar-refractivity contribution >= 4 is 33.4 Å². The van der Waals surface area contributed by atoms with E-state index in [9.17, 15) is 9.90 Å². The Morgan fingerprint density at radius 2 is 2.29 bits per heavy atom. The predicted molar refractivity (Wildman–Crippen MR) is 58.9 cm³/mol. The second-order valence-electron chi connectivity index (χ2n) is 2.61. The smallest absolute Gasteiger partial charge is 0.255 e. The largest absolute Gasteiger partial charge is 0.507 e. The second-order valence-corrected chi connectivity index (χ2v) is 3.90. The highest BCUT2D eigenvalue weighted by Crippen LogP contribution is 2.21. The third-order valence-corrected chi connectivity index (χ3v) is 2.27. The predicted octanol–water partition coefficient (Wildman–Crippen LogP) is 2.12. The zero-order chi connectivity index (χ0) is 10.6. The van der Waals surface area contributed by atoms with Gasteiger partial charge >= 0.3 is 0 Å². The van der Waals surface area contributed by atoms with Crippen LogP contribution in [0.3, 0.4) is 0 Å². The maximum Gasteiger partial charge on any atom is 0.255 e. The lowest BCUT2D eigenvalue weighted by Gasteiger charge is -2.05. The van der Waals surface area contributed by atoms with Crippen molar-refractivity contribution in [1.29, 1.82) is 0 Å². The SMILES string of the molecule is O=C(NCCCl)c1ccc(Br)cc1O. The van der Waals surface area contributed by atoms with E-state index in [0.717, 1.165) is 4.47 Å². The average Bonchev–Trinajstić information content (AvgIpc) is 2.14. The number of carbonyl (C=O) groups is 1. The lowest BCUT2D eigenvalue weighted by molar-refractivity contribution is 0.0953. The molecule has 0 saturated heterocycles. The number of carbonyl (C=O) groups excluding carboxylic acids is 1. The van der Waals surface area contributed by atoms with E-state index < -0.39 is 0 Å². The summed E-state index contributed by atoms with van der Waals surface area (Å²) in [5, 5.41) is 12.0. The van der Waals surface area contributed by atoms with Gasteiger partial charge in [-0.3, -0.25) is 4.79 Å². The van der Waals surface area contributed by atoms with E-state index in [-0.39, 0.29) is 17.2 Å². The topological polar surface area (TPSA) is 49.3 Å². The number of hydrogen-bond donors (Lipinski definition) is 2. The summed E-state index contributed by atoms with van der Waals surface area (Å²) in [5.41, 5.74) is 0.248. The van der Waals surface area contributed by atoms with Gasteiger partial charge in [0.15, 0.2) is 0 Å². The van der Waals surface area contributed by atoms with Gasteiger partial charge in [0.05, 0.1) is 5.56 Å². The molecule has 0 spiro atoms. The van der Waals surface area contributed by atoms with Gasteiger partial charge in [0.2, 0.25) is 0 Å². The van der Waals surface area contributed by atoms with E-state index in [2.05, 4.69) is 21.2 Å². The molecule has 0 aliphatic heterocycles. The highest BCUT2D eigenvalue weighted by Gasteiger charge is 2.09. The molecule has 0 heterocycles. The van der Waals surface area contributed by atoms with Crippen molar-refractivity contribution in [3.8, 4) is 5.75 Å². The molecule has 0 fully saturated rings. The minimum atomic E-state index is -0.323. The summed E-state index contributed by atoms with van der Waals surface area (Å²) in [6.07, 6.45) is 0. The van der Waals surface area contributed by atoms with E-state index in [1.54, 1.807) is 12.1 Å². The van der Waals surface area contributed by atoms with Gasteiger partial charge in [-0.2, -0.15) is 0 Å². The van der Waals surface area contributed by atoms with E-state index in [1.165, 1.54) is 6.07 Å². The first-order valence-corrected chi connectivity index (χ1v) is 5.30. The van der Waals surface area contributed by atoms with Crippen LogP contribution in [-0.2, 0) is 0 Å². The molecule has 0 atom stereocenters. The molecule has 0 aliphatic carbocycles. The summed E-state index contributed by atoms with van der Waals surface area (Å²) >= 11 is 8.60. The van der Waals surface area contributed by atoms with E-state index in [0.29, 0.717) is 12.4 Å². The summed E-state index contributed by atoms with van der Waals surface area (Å²) in [6, 6.07) is 4.70. The van der Waals surface area contributed by atoms with Gasteiger partial charge in [0, 0.05) is 16.9 Å². The van der Waals surface area contributed by atoms with Crippen molar-refractivity contribution in [3.63, 3.8) is 0 Å². The Morgan fingerprint density at radius 1 is 1.57 bits per heavy atom. The number of nitrogens with one attached hydrogen (secondary N) is 1. The number of rotatable bonds is 3. The number of phenols is 1. The van der Waals surface area contributed by atoms with Crippen LogP contribution in [-0.4, -0.2) is 23.4 Å². The third kappa shape index (κ3) is 2.89. The minimum absolute atomic E-state index is 0.0496. The fourth-order valence-electron chi connectivity index (χ4n) is 0.953. The Hall–Kier alpha value is -0.740. The van der Waals surface area contributed by atoms with Gasteiger partial charge in [-0.25, -0.2) is 0 Å². The summed E-state index contributed by atoms with van der Waals surface area (Å²) in [6.45, 7) is 0.385. The quantitative estimate of drug-likeness (QED) is 0.832. The first-order chi connectivity index (χ1) is 6.65. The molecule has 0 saturated carbocycles. The molecule has 2 N–H and O–H groups in total. The first kappa shape index (κ1) is 11.3. The molecule has 1 aromatic rings. The van der Waals surface area contributed by atoms with Gasteiger partial charge in [-0.15, -0.1) is 11.6 Å². The molecule has 0 radical (unpaired) electrons. The maximum absolute atomic E-state index is 11.4. The third-order valence-electron chi connectivity index (χ3n) is 1.58. The number of halogens is 2. The number of alkyl halides is 1. The molecular weight excluding hydrogens is 269 g/mol. The Balaban J connectivity index is 2.80. The zero-order valence-electron chi connectivity index (χ0n) is 7.26. The van der Waals surface area contributed by atoms with Crippen LogP contribution in [0.25, 0.3) is 0 Å². The van der Waals surface area contributed by atoms with Crippen molar-refractivity contribution in [2.45, 2.75) is 0 Å². The fraction of sp³-hybridized carbons (Fsp3) is 0.222. The molecule has 1 amide bonds. The number of aromatic hydroxyl groups is 1. The van der Waals surface area contributed by atoms with E-state index >= 15 is 0 Å². The van der Waals surface area contributed by atoms with Crippen LogP contribution in [0.5, 0.6) is 5.75 Å². The molecule has 3 nitrogen and oxygen atoms in total. The van der Waals surface area contributed by atoms with E-state index in [4.69, 9.17) is 11.6 Å². The van der Waals surface area contributed by atoms with Gasteiger partial charge in [0.25, 0.3) is 5.91 Å². The lowest BCUT2D eigenvalue weighted by atomic mass is 10.2. The van der Waals surface area contributed by atoms with Crippen molar-refractivity contribution in [2.75, 3.05) is 12.4 Å². The Morgan fingerprint density at radius 3 is 2.86 bits per heavy atom. The molecule has 1 rings (SSSR count). The van der Waals surface area contributed by atoms with Crippen LogP contribution in [0.2, 0.25) is 0 Å². The van der Waals surface area contributed by atoms with E-state index in [1.807, 2.05) is 0 Å². The molecule has 1 aromatic carbocycles. The average molecular weight is 279 g/mol. The van der Waals surface area contributed by atoms with Gasteiger partial charge < -0.3 is 10.4 Å². The Labute approximate surface area is 95.2 Å². The highest BCUT2D eigenvalue weighted by molar-refractivity contribution is 9.10.